The van der Waals surface area contributed by atoms with Gasteiger partial charge in [0.25, 0.3) is 0 Å². The van der Waals surface area contributed by atoms with Crippen molar-refractivity contribution in [3.63, 3.8) is 0 Å². The van der Waals surface area contributed by atoms with Crippen LogP contribution >= 0.6 is 47.8 Å². The zero-order valence-electron chi connectivity index (χ0n) is 8.85. The molecule has 2 rings (SSSR count). The monoisotopic (exact) mass is 416 g/mol. The van der Waals surface area contributed by atoms with E-state index in [4.69, 9.17) is 4.74 Å². The Bertz CT molecular complexity index is 378. The van der Waals surface area contributed by atoms with Gasteiger partial charge in [0.2, 0.25) is 5.78 Å². The highest BCUT2D eigenvalue weighted by Crippen LogP contribution is 2.60. The fourth-order valence-corrected chi connectivity index (χ4v) is 4.91. The molecule has 1 saturated heterocycles. The SMILES string of the molecule is CC1(C)[C@@H]2CC(Br)(Br)C(=O)[C@]1(CBr)OC2=O. The number of ketones is 1. The van der Waals surface area contributed by atoms with Crippen LogP contribution < -0.4 is 0 Å². The van der Waals surface area contributed by atoms with Crippen LogP contribution in [0.1, 0.15) is 20.3 Å². The molecular formula is C10H11Br3O3. The van der Waals surface area contributed by atoms with Crippen molar-refractivity contribution in [2.24, 2.45) is 11.3 Å². The summed E-state index contributed by atoms with van der Waals surface area (Å²) in [5, 5.41) is 0.326. The third-order valence-corrected chi connectivity index (χ3v) is 5.98. The molecule has 1 aliphatic heterocycles. The Labute approximate surface area is 119 Å². The molecule has 2 bridgehead atoms. The number of hydrogen-bond donors (Lipinski definition) is 0. The fourth-order valence-electron chi connectivity index (χ4n) is 2.53. The summed E-state index contributed by atoms with van der Waals surface area (Å²) >= 11 is 10.0. The molecule has 3 nitrogen and oxygen atoms in total. The van der Waals surface area contributed by atoms with Gasteiger partial charge < -0.3 is 4.74 Å². The second-order valence-corrected chi connectivity index (χ2v) is 9.23. The van der Waals surface area contributed by atoms with Gasteiger partial charge in [-0.25, -0.2) is 0 Å². The van der Waals surface area contributed by atoms with Crippen LogP contribution in [0.25, 0.3) is 0 Å². The van der Waals surface area contributed by atoms with Crippen LogP contribution in [0.4, 0.5) is 0 Å². The number of Topliss-reactive ketones (excluding diaryl/α,β-unsaturated/α-hetero) is 1. The Balaban J connectivity index is 2.61. The van der Waals surface area contributed by atoms with Crippen molar-refractivity contribution in [3.8, 4) is 0 Å². The Kier molecular flexibility index (Phi) is 2.88. The van der Waals surface area contributed by atoms with Gasteiger partial charge in [-0.15, -0.1) is 0 Å². The van der Waals surface area contributed by atoms with Crippen LogP contribution in [0.2, 0.25) is 0 Å². The highest BCUT2D eigenvalue weighted by atomic mass is 79.9. The maximum atomic E-state index is 12.4. The maximum Gasteiger partial charge on any atom is 0.310 e. The van der Waals surface area contributed by atoms with Crippen LogP contribution in [0.15, 0.2) is 0 Å². The van der Waals surface area contributed by atoms with E-state index < -0.39 is 14.2 Å². The minimum absolute atomic E-state index is 0.121. The second kappa shape index (κ2) is 3.54. The Morgan fingerprint density at radius 2 is 1.94 bits per heavy atom. The lowest BCUT2D eigenvalue weighted by molar-refractivity contribution is -0.158. The average molecular weight is 419 g/mol. The zero-order chi connectivity index (χ0) is 12.4. The zero-order valence-corrected chi connectivity index (χ0v) is 13.6. The molecular weight excluding hydrogens is 408 g/mol. The number of esters is 1. The predicted molar refractivity (Wildman–Crippen MR) is 70.1 cm³/mol. The molecule has 90 valence electrons. The van der Waals surface area contributed by atoms with Crippen molar-refractivity contribution in [2.45, 2.75) is 29.1 Å². The van der Waals surface area contributed by atoms with E-state index in [0.29, 0.717) is 11.8 Å². The first kappa shape index (κ1) is 13.0. The smallest absolute Gasteiger partial charge is 0.310 e. The van der Waals surface area contributed by atoms with E-state index in [1.165, 1.54) is 0 Å². The summed E-state index contributed by atoms with van der Waals surface area (Å²) in [5.74, 6) is -0.663. The number of hydrogen-bond acceptors (Lipinski definition) is 3. The second-order valence-electron chi connectivity index (χ2n) is 4.89. The van der Waals surface area contributed by atoms with E-state index in [2.05, 4.69) is 47.8 Å². The Morgan fingerprint density at radius 3 is 2.44 bits per heavy atom. The molecule has 2 aliphatic rings. The summed E-state index contributed by atoms with van der Waals surface area (Å²) in [6, 6.07) is 0. The molecule has 2 fully saturated rings. The molecule has 0 N–H and O–H groups in total. The van der Waals surface area contributed by atoms with Gasteiger partial charge in [0.1, 0.15) is 3.23 Å². The highest BCUT2D eigenvalue weighted by molar-refractivity contribution is 9.26. The third-order valence-electron chi connectivity index (χ3n) is 3.82. The molecule has 16 heavy (non-hydrogen) atoms. The maximum absolute atomic E-state index is 12.4. The number of carbonyl (C=O) groups excluding carboxylic acids is 2. The lowest BCUT2D eigenvalue weighted by Gasteiger charge is -2.45. The van der Waals surface area contributed by atoms with Gasteiger partial charge in [0.15, 0.2) is 5.60 Å². The van der Waals surface area contributed by atoms with E-state index in [1.54, 1.807) is 0 Å². The number of carbonyl (C=O) groups is 2. The topological polar surface area (TPSA) is 43.4 Å². The summed E-state index contributed by atoms with van der Waals surface area (Å²) in [7, 11) is 0. The minimum atomic E-state index is -1.07. The number of alkyl halides is 3. The van der Waals surface area contributed by atoms with E-state index >= 15 is 0 Å². The summed E-state index contributed by atoms with van der Waals surface area (Å²) in [6.07, 6.45) is 0.423. The van der Waals surface area contributed by atoms with Gasteiger partial charge in [0.05, 0.1) is 11.2 Å². The fraction of sp³-hybridized carbons (Fsp3) is 0.800. The van der Waals surface area contributed by atoms with Gasteiger partial charge in [-0.1, -0.05) is 61.6 Å². The molecule has 0 unspecified atom stereocenters. The predicted octanol–water partition coefficient (Wildman–Crippen LogP) is 2.78. The van der Waals surface area contributed by atoms with Gasteiger partial charge >= 0.3 is 5.97 Å². The molecule has 0 aromatic rings. The number of fused-ring (bicyclic) bond motifs is 2. The minimum Gasteiger partial charge on any atom is -0.449 e. The van der Waals surface area contributed by atoms with Crippen molar-refractivity contribution in [1.29, 1.82) is 0 Å². The molecule has 0 radical (unpaired) electrons. The van der Waals surface area contributed by atoms with E-state index in [-0.39, 0.29) is 17.7 Å². The van der Waals surface area contributed by atoms with E-state index in [0.717, 1.165) is 0 Å². The van der Waals surface area contributed by atoms with Crippen LogP contribution in [0, 0.1) is 11.3 Å². The first-order valence-corrected chi connectivity index (χ1v) is 7.61. The van der Waals surface area contributed by atoms with Crippen LogP contribution in [-0.4, -0.2) is 25.9 Å². The summed E-state index contributed by atoms with van der Waals surface area (Å²) in [6.45, 7) is 3.83. The lowest BCUT2D eigenvalue weighted by atomic mass is 9.62. The van der Waals surface area contributed by atoms with Crippen LogP contribution in [-0.2, 0) is 14.3 Å². The lowest BCUT2D eigenvalue weighted by Crippen LogP contribution is -2.61. The molecule has 2 atom stereocenters. The van der Waals surface area contributed by atoms with Gasteiger partial charge in [-0.2, -0.15) is 0 Å². The van der Waals surface area contributed by atoms with Crippen molar-refractivity contribution < 1.29 is 14.3 Å². The summed E-state index contributed by atoms with van der Waals surface area (Å²) in [5.41, 5.74) is -1.55. The Morgan fingerprint density at radius 1 is 1.38 bits per heavy atom. The van der Waals surface area contributed by atoms with Gasteiger partial charge in [0, 0.05) is 5.41 Å². The van der Waals surface area contributed by atoms with Crippen LogP contribution in [0.3, 0.4) is 0 Å². The standard InChI is InChI=1S/C10H11Br3O3/c1-8(2)5-3-10(12,13)7(15)9(8,4-11)16-6(5)14/h5H,3-4H2,1-2H3/t5-,9+/m1/s1. The highest BCUT2D eigenvalue weighted by Gasteiger charge is 2.72. The number of halogens is 3. The molecule has 1 saturated carbocycles. The third kappa shape index (κ3) is 1.35. The van der Waals surface area contributed by atoms with Gasteiger partial charge in [-0.3, -0.25) is 9.59 Å². The summed E-state index contributed by atoms with van der Waals surface area (Å²) in [4.78, 5) is 24.2. The molecule has 0 amide bonds. The quantitative estimate of drug-likeness (QED) is 0.486. The largest absolute Gasteiger partial charge is 0.449 e. The van der Waals surface area contributed by atoms with E-state index in [9.17, 15) is 9.59 Å². The van der Waals surface area contributed by atoms with E-state index in [1.807, 2.05) is 13.8 Å². The average Bonchev–Trinajstić information content (AvgIpc) is 2.31. The molecule has 0 spiro atoms. The Hall–Kier alpha value is 0.580. The number of ether oxygens (including phenoxy) is 1. The molecule has 1 heterocycles. The van der Waals surface area contributed by atoms with Crippen molar-refractivity contribution in [3.05, 3.63) is 0 Å². The first-order chi connectivity index (χ1) is 7.19. The first-order valence-electron chi connectivity index (χ1n) is 4.90. The van der Waals surface area contributed by atoms with Crippen molar-refractivity contribution in [2.75, 3.05) is 5.33 Å². The van der Waals surface area contributed by atoms with Crippen molar-refractivity contribution in [1.82, 2.24) is 0 Å². The van der Waals surface area contributed by atoms with Crippen molar-refractivity contribution >= 4 is 59.5 Å². The number of rotatable bonds is 1. The summed E-state index contributed by atoms with van der Waals surface area (Å²) < 4.78 is 4.54. The molecule has 1 aliphatic carbocycles. The van der Waals surface area contributed by atoms with Gasteiger partial charge in [-0.05, 0) is 6.42 Å². The normalized spacial score (nSPS) is 39.7. The molecule has 0 aromatic heterocycles. The molecule has 6 heteroatoms. The molecule has 0 aromatic carbocycles. The van der Waals surface area contributed by atoms with Crippen LogP contribution in [0.5, 0.6) is 0 Å².